The lowest BCUT2D eigenvalue weighted by atomic mass is 9.94. The normalized spacial score (nSPS) is 20.2. The van der Waals surface area contributed by atoms with E-state index in [0.29, 0.717) is 36.2 Å². The van der Waals surface area contributed by atoms with E-state index in [1.807, 2.05) is 36.4 Å². The van der Waals surface area contributed by atoms with Crippen LogP contribution in [0, 0.1) is 11.8 Å². The monoisotopic (exact) mass is 423 g/mol. The van der Waals surface area contributed by atoms with Gasteiger partial charge in [0.1, 0.15) is 5.75 Å². The number of hydrogen-bond donors (Lipinski definition) is 0. The summed E-state index contributed by atoms with van der Waals surface area (Å²) in [5.74, 6) is 0.598. The Morgan fingerprint density at radius 1 is 0.900 bits per heavy atom. The van der Waals surface area contributed by atoms with Crippen LogP contribution in [0.2, 0.25) is 0 Å². The van der Waals surface area contributed by atoms with E-state index in [1.165, 1.54) is 24.3 Å². The highest BCUT2D eigenvalue weighted by molar-refractivity contribution is 7.89. The molecule has 3 aromatic rings. The molecular formula is C24H25NO4S. The number of sulfonamides is 1. The SMILES string of the molecule is C[C@@H]1C[C@H](C)CN(S(=O)(=O)c2ccc(C(=O)Oc3ccc4ccccc4c3)cc2)C1. The number of piperidine rings is 1. The van der Waals surface area contributed by atoms with Gasteiger partial charge in [0.05, 0.1) is 10.5 Å². The summed E-state index contributed by atoms with van der Waals surface area (Å²) in [7, 11) is -3.57. The van der Waals surface area contributed by atoms with Crippen molar-refractivity contribution in [3.63, 3.8) is 0 Å². The molecule has 0 saturated carbocycles. The zero-order chi connectivity index (χ0) is 21.3. The third-order valence-electron chi connectivity index (χ3n) is 5.49. The van der Waals surface area contributed by atoms with Gasteiger partial charge in [-0.2, -0.15) is 4.31 Å². The first kappa shape index (κ1) is 20.6. The van der Waals surface area contributed by atoms with E-state index >= 15 is 0 Å². The van der Waals surface area contributed by atoms with Gasteiger partial charge in [-0.3, -0.25) is 0 Å². The van der Waals surface area contributed by atoms with E-state index in [9.17, 15) is 13.2 Å². The number of hydrogen-bond acceptors (Lipinski definition) is 4. The number of rotatable bonds is 4. The standard InChI is InChI=1S/C24H25NO4S/c1-17-13-18(2)16-25(15-17)30(27,28)23-11-8-20(9-12-23)24(26)29-22-10-7-19-5-3-4-6-21(19)14-22/h3-12,14,17-18H,13,15-16H2,1-2H3/t17-,18+. The first-order valence-corrected chi connectivity index (χ1v) is 11.6. The Balaban J connectivity index is 1.50. The smallest absolute Gasteiger partial charge is 0.343 e. The van der Waals surface area contributed by atoms with Crippen LogP contribution in [0.5, 0.6) is 5.75 Å². The van der Waals surface area contributed by atoms with E-state index in [2.05, 4.69) is 13.8 Å². The van der Waals surface area contributed by atoms with Crippen molar-refractivity contribution >= 4 is 26.8 Å². The Hall–Kier alpha value is -2.70. The molecule has 1 aliphatic heterocycles. The fourth-order valence-electron chi connectivity index (χ4n) is 4.11. The Bertz CT molecular complexity index is 1160. The number of carbonyl (C=O) groups excluding carboxylic acids is 1. The highest BCUT2D eigenvalue weighted by atomic mass is 32.2. The lowest BCUT2D eigenvalue weighted by Crippen LogP contribution is -2.42. The Morgan fingerprint density at radius 3 is 2.20 bits per heavy atom. The second-order valence-corrected chi connectivity index (χ2v) is 10.1. The van der Waals surface area contributed by atoms with Gasteiger partial charge in [0.25, 0.3) is 0 Å². The highest BCUT2D eigenvalue weighted by Gasteiger charge is 2.31. The number of benzene rings is 3. The van der Waals surface area contributed by atoms with Crippen molar-refractivity contribution in [1.29, 1.82) is 0 Å². The van der Waals surface area contributed by atoms with Crippen LogP contribution in [-0.2, 0) is 10.0 Å². The summed E-state index contributed by atoms with van der Waals surface area (Å²) in [6, 6.07) is 19.3. The zero-order valence-corrected chi connectivity index (χ0v) is 17.9. The molecule has 0 spiro atoms. The van der Waals surface area contributed by atoms with Crippen molar-refractivity contribution in [2.24, 2.45) is 11.8 Å². The lowest BCUT2D eigenvalue weighted by molar-refractivity contribution is 0.0735. The lowest BCUT2D eigenvalue weighted by Gasteiger charge is -2.34. The molecule has 0 unspecified atom stereocenters. The van der Waals surface area contributed by atoms with Gasteiger partial charge in [-0.25, -0.2) is 13.2 Å². The molecule has 3 aromatic carbocycles. The predicted molar refractivity (Wildman–Crippen MR) is 117 cm³/mol. The van der Waals surface area contributed by atoms with Crippen molar-refractivity contribution in [1.82, 2.24) is 4.31 Å². The van der Waals surface area contributed by atoms with E-state index in [0.717, 1.165) is 17.2 Å². The van der Waals surface area contributed by atoms with Gasteiger partial charge in [0.15, 0.2) is 0 Å². The molecule has 5 nitrogen and oxygen atoms in total. The van der Waals surface area contributed by atoms with Gasteiger partial charge in [0.2, 0.25) is 10.0 Å². The van der Waals surface area contributed by atoms with E-state index in [4.69, 9.17) is 4.74 Å². The third-order valence-corrected chi connectivity index (χ3v) is 7.34. The fraction of sp³-hybridized carbons (Fsp3) is 0.292. The molecule has 4 rings (SSSR count). The van der Waals surface area contributed by atoms with E-state index < -0.39 is 16.0 Å². The largest absolute Gasteiger partial charge is 0.423 e. The van der Waals surface area contributed by atoms with Crippen LogP contribution in [0.1, 0.15) is 30.6 Å². The summed E-state index contributed by atoms with van der Waals surface area (Å²) in [4.78, 5) is 12.7. The van der Waals surface area contributed by atoms with Crippen LogP contribution in [0.25, 0.3) is 10.8 Å². The molecule has 6 heteroatoms. The summed E-state index contributed by atoms with van der Waals surface area (Å²) < 4.78 is 33.0. The minimum Gasteiger partial charge on any atom is -0.423 e. The number of ether oxygens (including phenoxy) is 1. The molecule has 0 radical (unpaired) electrons. The van der Waals surface area contributed by atoms with E-state index in [-0.39, 0.29) is 4.90 Å². The maximum Gasteiger partial charge on any atom is 0.343 e. The quantitative estimate of drug-likeness (QED) is 0.450. The maximum atomic E-state index is 13.0. The Labute approximate surface area is 177 Å². The second-order valence-electron chi connectivity index (χ2n) is 8.19. The Kier molecular flexibility index (Phi) is 5.62. The van der Waals surface area contributed by atoms with Crippen LogP contribution in [0.15, 0.2) is 71.6 Å². The van der Waals surface area contributed by atoms with Crippen LogP contribution < -0.4 is 4.74 Å². The first-order valence-electron chi connectivity index (χ1n) is 10.1. The molecule has 0 aliphatic carbocycles. The van der Waals surface area contributed by atoms with E-state index in [1.54, 1.807) is 10.4 Å². The molecule has 1 aliphatic rings. The number of fused-ring (bicyclic) bond motifs is 1. The van der Waals surface area contributed by atoms with Gasteiger partial charge < -0.3 is 4.74 Å². The molecule has 30 heavy (non-hydrogen) atoms. The van der Waals surface area contributed by atoms with Crippen molar-refractivity contribution < 1.29 is 17.9 Å². The predicted octanol–water partition coefficient (Wildman–Crippen LogP) is 4.73. The minimum absolute atomic E-state index is 0.200. The average molecular weight is 424 g/mol. The number of esters is 1. The first-order chi connectivity index (χ1) is 14.3. The second kappa shape index (κ2) is 8.20. The molecule has 1 fully saturated rings. The maximum absolute atomic E-state index is 13.0. The van der Waals surface area contributed by atoms with Crippen molar-refractivity contribution in [3.8, 4) is 5.75 Å². The summed E-state index contributed by atoms with van der Waals surface area (Å²) in [5, 5.41) is 2.04. The zero-order valence-electron chi connectivity index (χ0n) is 17.1. The summed E-state index contributed by atoms with van der Waals surface area (Å²) >= 11 is 0. The number of nitrogens with zero attached hydrogens (tertiary/aromatic N) is 1. The van der Waals surface area contributed by atoms with Gasteiger partial charge in [-0.05, 0) is 65.4 Å². The van der Waals surface area contributed by atoms with Crippen LogP contribution in [0.4, 0.5) is 0 Å². The highest BCUT2D eigenvalue weighted by Crippen LogP contribution is 2.27. The molecule has 156 valence electrons. The molecule has 1 heterocycles. The van der Waals surface area contributed by atoms with Crippen molar-refractivity contribution in [2.75, 3.05) is 13.1 Å². The van der Waals surface area contributed by atoms with Gasteiger partial charge in [-0.1, -0.05) is 44.2 Å². The molecule has 0 aromatic heterocycles. The molecule has 0 amide bonds. The fourth-order valence-corrected chi connectivity index (χ4v) is 5.79. The average Bonchev–Trinajstić information content (AvgIpc) is 2.73. The molecule has 0 N–H and O–H groups in total. The van der Waals surface area contributed by atoms with Gasteiger partial charge >= 0.3 is 5.97 Å². The molecule has 2 atom stereocenters. The van der Waals surface area contributed by atoms with Gasteiger partial charge in [-0.15, -0.1) is 0 Å². The van der Waals surface area contributed by atoms with Gasteiger partial charge in [0, 0.05) is 13.1 Å². The topological polar surface area (TPSA) is 63.7 Å². The van der Waals surface area contributed by atoms with Crippen LogP contribution in [-0.4, -0.2) is 31.8 Å². The Morgan fingerprint density at radius 2 is 1.53 bits per heavy atom. The summed E-state index contributed by atoms with van der Waals surface area (Å²) in [6.07, 6.45) is 1.03. The summed E-state index contributed by atoms with van der Waals surface area (Å²) in [5.41, 5.74) is 0.308. The van der Waals surface area contributed by atoms with Crippen LogP contribution >= 0.6 is 0 Å². The summed E-state index contributed by atoms with van der Waals surface area (Å²) in [6.45, 7) is 5.20. The van der Waals surface area contributed by atoms with Crippen molar-refractivity contribution in [2.45, 2.75) is 25.2 Å². The molecule has 0 bridgehead atoms. The van der Waals surface area contributed by atoms with Crippen molar-refractivity contribution in [3.05, 3.63) is 72.3 Å². The third kappa shape index (κ3) is 4.25. The number of carbonyl (C=O) groups is 1. The molecular weight excluding hydrogens is 398 g/mol. The molecule has 1 saturated heterocycles. The minimum atomic E-state index is -3.57. The van der Waals surface area contributed by atoms with Crippen LogP contribution in [0.3, 0.4) is 0 Å².